The van der Waals surface area contributed by atoms with Crippen LogP contribution >= 0.6 is 0 Å². The van der Waals surface area contributed by atoms with Gasteiger partial charge in [0.2, 0.25) is 5.91 Å². The van der Waals surface area contributed by atoms with E-state index in [1.165, 1.54) is 0 Å². The van der Waals surface area contributed by atoms with Gasteiger partial charge in [-0.2, -0.15) is 0 Å². The first-order valence-electron chi connectivity index (χ1n) is 6.38. The van der Waals surface area contributed by atoms with Crippen LogP contribution in [-0.2, 0) is 4.79 Å². The van der Waals surface area contributed by atoms with Crippen LogP contribution in [-0.4, -0.2) is 51.1 Å². The number of benzene rings is 1. The van der Waals surface area contributed by atoms with Crippen molar-refractivity contribution in [2.24, 2.45) is 0 Å². The molecule has 0 fully saturated rings. The fraction of sp³-hybridized carbons (Fsp3) is 0.500. The average molecular weight is 265 g/mol. The Hall–Kier alpha value is -1.59. The lowest BCUT2D eigenvalue weighted by atomic mass is 10.2. The lowest BCUT2D eigenvalue weighted by Gasteiger charge is -2.13. The molecular weight excluding hydrogens is 242 g/mol. The Morgan fingerprint density at radius 2 is 2.16 bits per heavy atom. The van der Waals surface area contributed by atoms with E-state index in [-0.39, 0.29) is 11.9 Å². The summed E-state index contributed by atoms with van der Waals surface area (Å²) < 4.78 is 5.62. The van der Waals surface area contributed by atoms with Crippen molar-refractivity contribution in [3.05, 3.63) is 24.3 Å². The van der Waals surface area contributed by atoms with E-state index < -0.39 is 0 Å². The molecule has 0 spiro atoms. The number of ether oxygens (including phenoxy) is 1. The van der Waals surface area contributed by atoms with Crippen molar-refractivity contribution in [3.8, 4) is 5.75 Å². The number of nitrogens with zero attached hydrogens (tertiary/aromatic N) is 1. The number of anilines is 1. The lowest BCUT2D eigenvalue weighted by Crippen LogP contribution is -2.35. The van der Waals surface area contributed by atoms with Gasteiger partial charge in [0.05, 0.1) is 6.04 Å². The first-order valence-corrected chi connectivity index (χ1v) is 6.38. The van der Waals surface area contributed by atoms with Gasteiger partial charge < -0.3 is 20.3 Å². The molecule has 5 heteroatoms. The van der Waals surface area contributed by atoms with Crippen LogP contribution in [0.15, 0.2) is 24.3 Å². The number of hydrogen-bond donors (Lipinski definition) is 2. The van der Waals surface area contributed by atoms with Gasteiger partial charge in [-0.1, -0.05) is 6.07 Å². The molecule has 1 rings (SSSR count). The highest BCUT2D eigenvalue weighted by molar-refractivity contribution is 5.94. The van der Waals surface area contributed by atoms with Crippen molar-refractivity contribution < 1.29 is 9.53 Å². The van der Waals surface area contributed by atoms with Gasteiger partial charge >= 0.3 is 0 Å². The third-order valence-electron chi connectivity index (χ3n) is 2.74. The normalized spacial score (nSPS) is 12.3. The number of amides is 1. The minimum absolute atomic E-state index is 0.0621. The van der Waals surface area contributed by atoms with Crippen LogP contribution in [0.3, 0.4) is 0 Å². The summed E-state index contributed by atoms with van der Waals surface area (Å²) in [5.41, 5.74) is 0.745. The molecule has 19 heavy (non-hydrogen) atoms. The first kappa shape index (κ1) is 15.5. The summed E-state index contributed by atoms with van der Waals surface area (Å²) in [7, 11) is 5.75. The molecule has 2 N–H and O–H groups in total. The summed E-state index contributed by atoms with van der Waals surface area (Å²) in [4.78, 5) is 13.8. The van der Waals surface area contributed by atoms with Crippen LogP contribution in [0.5, 0.6) is 5.75 Å². The molecule has 1 atom stereocenters. The van der Waals surface area contributed by atoms with Crippen LogP contribution in [0.1, 0.15) is 6.92 Å². The summed E-state index contributed by atoms with van der Waals surface area (Å²) in [6, 6.07) is 7.20. The van der Waals surface area contributed by atoms with E-state index in [9.17, 15) is 4.79 Å². The molecule has 0 aliphatic carbocycles. The Kier molecular flexibility index (Phi) is 6.32. The summed E-state index contributed by atoms with van der Waals surface area (Å²) in [5.74, 6) is 0.699. The van der Waals surface area contributed by atoms with Crippen LogP contribution in [0.25, 0.3) is 0 Å². The highest BCUT2D eigenvalue weighted by Crippen LogP contribution is 2.17. The molecule has 0 bridgehead atoms. The third kappa shape index (κ3) is 5.72. The Bertz CT molecular complexity index is 407. The van der Waals surface area contributed by atoms with Crippen molar-refractivity contribution >= 4 is 11.6 Å². The van der Waals surface area contributed by atoms with Gasteiger partial charge in [0.1, 0.15) is 12.4 Å². The largest absolute Gasteiger partial charge is 0.492 e. The Morgan fingerprint density at radius 1 is 1.42 bits per heavy atom. The third-order valence-corrected chi connectivity index (χ3v) is 2.74. The zero-order valence-corrected chi connectivity index (χ0v) is 12.1. The molecule has 0 heterocycles. The highest BCUT2D eigenvalue weighted by atomic mass is 16.5. The zero-order valence-electron chi connectivity index (χ0n) is 12.1. The average Bonchev–Trinajstić information content (AvgIpc) is 2.37. The SMILES string of the molecule is CNC(C)C(=O)Nc1cccc(OCCN(C)C)c1. The molecule has 0 radical (unpaired) electrons. The summed E-state index contributed by atoms with van der Waals surface area (Å²) >= 11 is 0. The van der Waals surface area contributed by atoms with Gasteiger partial charge in [-0.3, -0.25) is 4.79 Å². The van der Waals surface area contributed by atoms with E-state index in [1.54, 1.807) is 7.05 Å². The van der Waals surface area contributed by atoms with Gasteiger partial charge in [-0.15, -0.1) is 0 Å². The lowest BCUT2D eigenvalue weighted by molar-refractivity contribution is -0.117. The highest BCUT2D eigenvalue weighted by Gasteiger charge is 2.10. The second-order valence-electron chi connectivity index (χ2n) is 4.68. The standard InChI is InChI=1S/C14H23N3O2/c1-11(15-2)14(18)16-12-6-5-7-13(10-12)19-9-8-17(3)4/h5-7,10-11,15H,8-9H2,1-4H3,(H,16,18). The number of nitrogens with one attached hydrogen (secondary N) is 2. The predicted molar refractivity (Wildman–Crippen MR) is 77.6 cm³/mol. The molecule has 1 unspecified atom stereocenters. The smallest absolute Gasteiger partial charge is 0.241 e. The predicted octanol–water partition coefficient (Wildman–Crippen LogP) is 1.17. The first-order chi connectivity index (χ1) is 9.02. The Morgan fingerprint density at radius 3 is 2.79 bits per heavy atom. The molecule has 106 valence electrons. The maximum Gasteiger partial charge on any atom is 0.241 e. The molecule has 1 amide bonds. The molecule has 0 saturated heterocycles. The van der Waals surface area contributed by atoms with E-state index in [4.69, 9.17) is 4.74 Å². The second kappa shape index (κ2) is 7.76. The molecule has 0 aliphatic heterocycles. The maximum absolute atomic E-state index is 11.7. The minimum atomic E-state index is -0.224. The number of carbonyl (C=O) groups excluding carboxylic acids is 1. The minimum Gasteiger partial charge on any atom is -0.492 e. The van der Waals surface area contributed by atoms with Crippen molar-refractivity contribution in [1.82, 2.24) is 10.2 Å². The number of likely N-dealkylation sites (N-methyl/N-ethyl adjacent to an activating group) is 2. The van der Waals surface area contributed by atoms with Crippen LogP contribution in [0, 0.1) is 0 Å². The summed E-state index contributed by atoms with van der Waals surface area (Å²) in [6.07, 6.45) is 0. The van der Waals surface area contributed by atoms with E-state index in [0.29, 0.717) is 6.61 Å². The molecule has 5 nitrogen and oxygen atoms in total. The van der Waals surface area contributed by atoms with Gasteiger partial charge in [0, 0.05) is 18.3 Å². The number of rotatable bonds is 7. The molecule has 1 aromatic carbocycles. The maximum atomic E-state index is 11.7. The van der Waals surface area contributed by atoms with E-state index >= 15 is 0 Å². The van der Waals surface area contributed by atoms with Crippen LogP contribution in [0.4, 0.5) is 5.69 Å². The Balaban J connectivity index is 2.54. The topological polar surface area (TPSA) is 53.6 Å². The van der Waals surface area contributed by atoms with Crippen molar-refractivity contribution in [3.63, 3.8) is 0 Å². The second-order valence-corrected chi connectivity index (χ2v) is 4.68. The van der Waals surface area contributed by atoms with Crippen molar-refractivity contribution in [1.29, 1.82) is 0 Å². The van der Waals surface area contributed by atoms with E-state index in [0.717, 1.165) is 18.0 Å². The van der Waals surface area contributed by atoms with Gasteiger partial charge in [0.15, 0.2) is 0 Å². The molecule has 1 aromatic rings. The number of hydrogen-bond acceptors (Lipinski definition) is 4. The monoisotopic (exact) mass is 265 g/mol. The fourth-order valence-electron chi connectivity index (χ4n) is 1.39. The van der Waals surface area contributed by atoms with Gasteiger partial charge in [0.25, 0.3) is 0 Å². The number of carbonyl (C=O) groups is 1. The van der Waals surface area contributed by atoms with E-state index in [2.05, 4.69) is 15.5 Å². The summed E-state index contributed by atoms with van der Waals surface area (Å²) in [6.45, 7) is 3.29. The van der Waals surface area contributed by atoms with Crippen molar-refractivity contribution in [2.75, 3.05) is 39.6 Å². The summed E-state index contributed by atoms with van der Waals surface area (Å²) in [5, 5.41) is 5.74. The van der Waals surface area contributed by atoms with Crippen molar-refractivity contribution in [2.45, 2.75) is 13.0 Å². The Labute approximate surface area is 114 Å². The molecular formula is C14H23N3O2. The molecule has 0 aliphatic rings. The molecule has 0 saturated carbocycles. The zero-order chi connectivity index (χ0) is 14.3. The van der Waals surface area contributed by atoms with Crippen LogP contribution < -0.4 is 15.4 Å². The van der Waals surface area contributed by atoms with Gasteiger partial charge in [-0.05, 0) is 40.2 Å². The van der Waals surface area contributed by atoms with E-state index in [1.807, 2.05) is 45.3 Å². The van der Waals surface area contributed by atoms with Crippen LogP contribution in [0.2, 0.25) is 0 Å². The van der Waals surface area contributed by atoms with Gasteiger partial charge in [-0.25, -0.2) is 0 Å². The quantitative estimate of drug-likeness (QED) is 0.777. The molecule has 0 aromatic heterocycles. The fourth-order valence-corrected chi connectivity index (χ4v) is 1.39.